The van der Waals surface area contributed by atoms with E-state index < -0.39 is 15.9 Å². The molecule has 9 heteroatoms. The summed E-state index contributed by atoms with van der Waals surface area (Å²) >= 11 is 6.24. The van der Waals surface area contributed by atoms with Crippen molar-refractivity contribution in [2.45, 2.75) is 38.1 Å². The van der Waals surface area contributed by atoms with E-state index in [1.807, 2.05) is 20.8 Å². The minimum Gasteiger partial charge on any atom is -0.350 e. The van der Waals surface area contributed by atoms with Crippen molar-refractivity contribution in [3.05, 3.63) is 88.4 Å². The van der Waals surface area contributed by atoms with E-state index >= 15 is 0 Å². The van der Waals surface area contributed by atoms with E-state index in [0.717, 1.165) is 12.0 Å². The number of carbonyl (C=O) groups excluding carboxylic acids is 2. The predicted octanol–water partition coefficient (Wildman–Crippen LogP) is 5.23. The fraction of sp³-hybridized carbons (Fsp3) is 0.200. The summed E-state index contributed by atoms with van der Waals surface area (Å²) in [5.74, 6) is -0.888. The van der Waals surface area contributed by atoms with Gasteiger partial charge >= 0.3 is 0 Å². The van der Waals surface area contributed by atoms with Crippen LogP contribution in [0.2, 0.25) is 5.02 Å². The Hall–Kier alpha value is -3.36. The molecule has 0 bridgehead atoms. The summed E-state index contributed by atoms with van der Waals surface area (Å²) in [7, 11) is -3.85. The summed E-state index contributed by atoms with van der Waals surface area (Å²) in [4.78, 5) is 25.7. The molecular formula is C25H26ClN3O4S. The van der Waals surface area contributed by atoms with Gasteiger partial charge in [-0.25, -0.2) is 8.42 Å². The third kappa shape index (κ3) is 6.15. The lowest BCUT2D eigenvalue weighted by Crippen LogP contribution is -2.32. The number of halogens is 1. The number of carbonyl (C=O) groups is 2. The molecule has 3 aromatic carbocycles. The quantitative estimate of drug-likeness (QED) is 0.394. The highest BCUT2D eigenvalue weighted by Crippen LogP contribution is 2.25. The van der Waals surface area contributed by atoms with Gasteiger partial charge in [-0.15, -0.1) is 0 Å². The Bertz CT molecular complexity index is 1310. The molecule has 1 atom stereocenters. The second-order valence-electron chi connectivity index (χ2n) is 7.90. The zero-order valence-corrected chi connectivity index (χ0v) is 20.6. The highest BCUT2D eigenvalue weighted by Gasteiger charge is 2.19. The second-order valence-corrected chi connectivity index (χ2v) is 9.99. The Kier molecular flexibility index (Phi) is 7.96. The third-order valence-electron chi connectivity index (χ3n) is 5.20. The van der Waals surface area contributed by atoms with Crippen LogP contribution in [-0.4, -0.2) is 26.3 Å². The SMILES string of the molecule is CC[C@@H](C)NC(=O)c1ccccc1NC(=O)c1cc(NS(=O)(=O)c2ccc(C)cc2)ccc1Cl. The van der Waals surface area contributed by atoms with Gasteiger partial charge < -0.3 is 10.6 Å². The monoisotopic (exact) mass is 499 g/mol. The second kappa shape index (κ2) is 10.7. The average molecular weight is 500 g/mol. The van der Waals surface area contributed by atoms with Crippen LogP contribution in [0.25, 0.3) is 0 Å². The Morgan fingerprint density at radius 2 is 1.62 bits per heavy atom. The Morgan fingerprint density at radius 1 is 0.941 bits per heavy atom. The summed E-state index contributed by atoms with van der Waals surface area (Å²) in [6.07, 6.45) is 0.765. The van der Waals surface area contributed by atoms with Crippen LogP contribution < -0.4 is 15.4 Å². The molecule has 0 saturated heterocycles. The molecule has 2 amide bonds. The maximum atomic E-state index is 13.0. The number of para-hydroxylation sites is 1. The first-order valence-corrected chi connectivity index (χ1v) is 12.6. The molecule has 0 aliphatic heterocycles. The third-order valence-corrected chi connectivity index (χ3v) is 6.93. The largest absolute Gasteiger partial charge is 0.350 e. The van der Waals surface area contributed by atoms with Crippen molar-refractivity contribution in [2.75, 3.05) is 10.0 Å². The molecule has 0 saturated carbocycles. The van der Waals surface area contributed by atoms with Gasteiger partial charge in [0.25, 0.3) is 21.8 Å². The van der Waals surface area contributed by atoms with E-state index in [9.17, 15) is 18.0 Å². The first kappa shape index (κ1) is 25.3. The van der Waals surface area contributed by atoms with Crippen LogP contribution in [0.5, 0.6) is 0 Å². The van der Waals surface area contributed by atoms with Crippen molar-refractivity contribution in [3.63, 3.8) is 0 Å². The Morgan fingerprint density at radius 3 is 2.29 bits per heavy atom. The van der Waals surface area contributed by atoms with E-state index in [1.165, 1.54) is 30.3 Å². The van der Waals surface area contributed by atoms with Crippen LogP contribution >= 0.6 is 11.6 Å². The fourth-order valence-corrected chi connectivity index (χ4v) is 4.33. The lowest BCUT2D eigenvalue weighted by atomic mass is 10.1. The number of anilines is 2. The van der Waals surface area contributed by atoms with Crippen molar-refractivity contribution in [3.8, 4) is 0 Å². The lowest BCUT2D eigenvalue weighted by Gasteiger charge is -2.15. The highest BCUT2D eigenvalue weighted by molar-refractivity contribution is 7.92. The number of sulfonamides is 1. The molecule has 34 heavy (non-hydrogen) atoms. The molecule has 0 unspecified atom stereocenters. The van der Waals surface area contributed by atoms with Gasteiger partial charge in [-0.05, 0) is 62.7 Å². The molecule has 178 valence electrons. The number of nitrogens with one attached hydrogen (secondary N) is 3. The van der Waals surface area contributed by atoms with Gasteiger partial charge in [-0.2, -0.15) is 0 Å². The van der Waals surface area contributed by atoms with Crippen LogP contribution in [-0.2, 0) is 10.0 Å². The molecule has 0 radical (unpaired) electrons. The van der Waals surface area contributed by atoms with Crippen LogP contribution in [0.3, 0.4) is 0 Å². The maximum Gasteiger partial charge on any atom is 0.261 e. The smallest absolute Gasteiger partial charge is 0.261 e. The van der Waals surface area contributed by atoms with E-state index in [4.69, 9.17) is 11.6 Å². The minimum atomic E-state index is -3.85. The van der Waals surface area contributed by atoms with Gasteiger partial charge in [0.05, 0.1) is 26.7 Å². The van der Waals surface area contributed by atoms with E-state index in [2.05, 4.69) is 15.4 Å². The topological polar surface area (TPSA) is 104 Å². The minimum absolute atomic E-state index is 0.0241. The molecule has 3 N–H and O–H groups in total. The Balaban J connectivity index is 1.84. The molecular weight excluding hydrogens is 474 g/mol. The van der Waals surface area contributed by atoms with Crippen LogP contribution in [0.1, 0.15) is 46.5 Å². The van der Waals surface area contributed by atoms with Gasteiger partial charge in [-0.3, -0.25) is 14.3 Å². The van der Waals surface area contributed by atoms with Crippen molar-refractivity contribution in [2.24, 2.45) is 0 Å². The maximum absolute atomic E-state index is 13.0. The zero-order chi connectivity index (χ0) is 24.9. The molecule has 0 heterocycles. The summed E-state index contributed by atoms with van der Waals surface area (Å²) in [6, 6.07) is 17.3. The molecule has 0 fully saturated rings. The number of rotatable bonds is 8. The van der Waals surface area contributed by atoms with E-state index in [-0.39, 0.29) is 33.1 Å². The van der Waals surface area contributed by atoms with Crippen molar-refractivity contribution in [1.82, 2.24) is 5.32 Å². The van der Waals surface area contributed by atoms with Crippen LogP contribution in [0.4, 0.5) is 11.4 Å². The zero-order valence-electron chi connectivity index (χ0n) is 19.1. The number of aryl methyl sites for hydroxylation is 1. The van der Waals surface area contributed by atoms with Crippen molar-refractivity contribution >= 4 is 44.8 Å². The average Bonchev–Trinajstić information content (AvgIpc) is 2.80. The normalized spacial score (nSPS) is 12.0. The van der Waals surface area contributed by atoms with E-state index in [0.29, 0.717) is 11.3 Å². The molecule has 0 aromatic heterocycles. The molecule has 3 rings (SSSR count). The molecule has 0 spiro atoms. The van der Waals surface area contributed by atoms with Gasteiger partial charge in [0, 0.05) is 11.7 Å². The van der Waals surface area contributed by atoms with E-state index in [1.54, 1.807) is 36.4 Å². The predicted molar refractivity (Wildman–Crippen MR) is 135 cm³/mol. The summed E-state index contributed by atoms with van der Waals surface area (Å²) < 4.78 is 27.9. The number of amides is 2. The number of benzene rings is 3. The van der Waals surface area contributed by atoms with Crippen LogP contribution in [0.15, 0.2) is 71.6 Å². The Labute approximate surface area is 204 Å². The first-order valence-electron chi connectivity index (χ1n) is 10.7. The molecule has 7 nitrogen and oxygen atoms in total. The first-order chi connectivity index (χ1) is 16.1. The summed E-state index contributed by atoms with van der Waals surface area (Å²) in [5, 5.41) is 5.71. The van der Waals surface area contributed by atoms with Crippen molar-refractivity contribution in [1.29, 1.82) is 0 Å². The van der Waals surface area contributed by atoms with Gasteiger partial charge in [-0.1, -0.05) is 48.4 Å². The lowest BCUT2D eigenvalue weighted by molar-refractivity contribution is 0.0940. The van der Waals surface area contributed by atoms with Gasteiger partial charge in [0.2, 0.25) is 0 Å². The molecule has 0 aliphatic rings. The van der Waals surface area contributed by atoms with Crippen molar-refractivity contribution < 1.29 is 18.0 Å². The fourth-order valence-electron chi connectivity index (χ4n) is 3.08. The van der Waals surface area contributed by atoms with Gasteiger partial charge in [0.1, 0.15) is 0 Å². The number of hydrogen-bond acceptors (Lipinski definition) is 4. The molecule has 0 aliphatic carbocycles. The van der Waals surface area contributed by atoms with Gasteiger partial charge in [0.15, 0.2) is 0 Å². The standard InChI is InChI=1S/C25H26ClN3O4S/c1-4-17(3)27-24(30)20-7-5-6-8-23(20)28-25(31)21-15-18(11-14-22(21)26)29-34(32,33)19-12-9-16(2)10-13-19/h5-15,17,29H,4H2,1-3H3,(H,27,30)(H,28,31)/t17-/m1/s1. The van der Waals surface area contributed by atoms with Crippen LogP contribution in [0, 0.1) is 6.92 Å². The number of hydrogen-bond donors (Lipinski definition) is 3. The summed E-state index contributed by atoms with van der Waals surface area (Å²) in [6.45, 7) is 5.71. The summed E-state index contributed by atoms with van der Waals surface area (Å²) in [5.41, 5.74) is 1.79. The highest BCUT2D eigenvalue weighted by atomic mass is 35.5. The molecule has 3 aromatic rings.